The summed E-state index contributed by atoms with van der Waals surface area (Å²) in [5.41, 5.74) is -1.02. The Bertz CT molecular complexity index is 964. The Morgan fingerprint density at radius 3 is 2.73 bits per heavy atom. The molecule has 1 N–H and O–H groups in total. The predicted molar refractivity (Wildman–Crippen MR) is 90.0 cm³/mol. The van der Waals surface area contributed by atoms with Gasteiger partial charge in [0.2, 0.25) is 0 Å². The topological polar surface area (TPSA) is 47.3 Å². The molecule has 26 heavy (non-hydrogen) atoms. The van der Waals surface area contributed by atoms with Crippen LogP contribution in [0.2, 0.25) is 5.02 Å². The minimum Gasteiger partial charge on any atom is -0.383 e. The molecule has 2 heterocycles. The maximum atomic E-state index is 12.8. The number of halogens is 4. The zero-order valence-corrected chi connectivity index (χ0v) is 14.4. The highest BCUT2D eigenvalue weighted by Crippen LogP contribution is 2.36. The van der Waals surface area contributed by atoms with Gasteiger partial charge in [0.25, 0.3) is 0 Å². The second-order valence-corrected chi connectivity index (χ2v) is 7.21. The monoisotopic (exact) mass is 384 g/mol. The molecule has 8 heteroatoms. The number of ether oxygens (including phenoxy) is 1. The van der Waals surface area contributed by atoms with Crippen molar-refractivity contribution in [1.29, 1.82) is 0 Å². The summed E-state index contributed by atoms with van der Waals surface area (Å²) in [6, 6.07) is 3.45. The molecular formula is C18H16ClF3N2O2. The summed E-state index contributed by atoms with van der Waals surface area (Å²) >= 11 is 6.13. The third kappa shape index (κ3) is 3.15. The second kappa shape index (κ2) is 6.11. The van der Waals surface area contributed by atoms with Crippen LogP contribution in [-0.4, -0.2) is 33.5 Å². The van der Waals surface area contributed by atoms with Crippen LogP contribution in [0.5, 0.6) is 0 Å². The molecule has 1 aromatic carbocycles. The number of benzene rings is 1. The first-order valence-electron chi connectivity index (χ1n) is 8.15. The summed E-state index contributed by atoms with van der Waals surface area (Å²) in [4.78, 5) is 4.34. The van der Waals surface area contributed by atoms with Crippen molar-refractivity contribution in [2.75, 3.05) is 13.2 Å². The number of alkyl halides is 3. The van der Waals surface area contributed by atoms with Crippen molar-refractivity contribution in [3.63, 3.8) is 0 Å². The summed E-state index contributed by atoms with van der Waals surface area (Å²) in [7, 11) is 0. The van der Waals surface area contributed by atoms with E-state index in [1.807, 2.05) is 16.7 Å². The van der Waals surface area contributed by atoms with Crippen molar-refractivity contribution in [2.45, 2.75) is 30.7 Å². The number of aromatic nitrogens is 2. The lowest BCUT2D eigenvalue weighted by atomic mass is 9.92. The van der Waals surface area contributed by atoms with E-state index in [1.165, 1.54) is 6.07 Å². The summed E-state index contributed by atoms with van der Waals surface area (Å²) in [5.74, 6) is -0.153. The van der Waals surface area contributed by atoms with Crippen LogP contribution in [0, 0.1) is 0 Å². The molecule has 1 aliphatic carbocycles. The maximum Gasteiger partial charge on any atom is 0.416 e. The molecule has 1 fully saturated rings. The van der Waals surface area contributed by atoms with Gasteiger partial charge in [-0.25, -0.2) is 4.98 Å². The van der Waals surface area contributed by atoms with E-state index in [9.17, 15) is 18.3 Å². The van der Waals surface area contributed by atoms with Crippen LogP contribution >= 0.6 is 11.6 Å². The number of nitrogens with zero attached hydrogens (tertiary/aromatic N) is 2. The molecule has 4 nitrogen and oxygen atoms in total. The van der Waals surface area contributed by atoms with Gasteiger partial charge < -0.3 is 14.4 Å². The average Bonchev–Trinajstić information content (AvgIpc) is 2.94. The van der Waals surface area contributed by atoms with Crippen LogP contribution < -0.4 is 10.7 Å². The summed E-state index contributed by atoms with van der Waals surface area (Å²) in [6.07, 6.45) is 1.72. The molecule has 0 spiro atoms. The van der Waals surface area contributed by atoms with Gasteiger partial charge in [0.15, 0.2) is 0 Å². The molecule has 1 saturated heterocycles. The zero-order valence-electron chi connectivity index (χ0n) is 13.6. The lowest BCUT2D eigenvalue weighted by molar-refractivity contribution is -0.185. The largest absolute Gasteiger partial charge is 0.416 e. The number of rotatable bonds is 3. The van der Waals surface area contributed by atoms with Crippen molar-refractivity contribution in [1.82, 2.24) is 9.55 Å². The fraction of sp³-hybridized carbons (Fsp3) is 0.389. The fourth-order valence-electron chi connectivity index (χ4n) is 3.34. The molecule has 138 valence electrons. The summed E-state index contributed by atoms with van der Waals surface area (Å²) < 4.78 is 45.4. The van der Waals surface area contributed by atoms with E-state index >= 15 is 0 Å². The molecule has 0 radical (unpaired) electrons. The third-order valence-corrected chi connectivity index (χ3v) is 5.09. The van der Waals surface area contributed by atoms with E-state index < -0.39 is 17.3 Å². The molecule has 2 aromatic rings. The Labute approximate surface area is 152 Å². The van der Waals surface area contributed by atoms with E-state index in [0.717, 1.165) is 22.8 Å². The van der Waals surface area contributed by atoms with Gasteiger partial charge in [-0.05, 0) is 24.1 Å². The first-order valence-corrected chi connectivity index (χ1v) is 8.53. The van der Waals surface area contributed by atoms with E-state index in [2.05, 4.69) is 4.98 Å². The Kier molecular flexibility index (Phi) is 4.13. The van der Waals surface area contributed by atoms with Crippen LogP contribution in [0.25, 0.3) is 12.2 Å². The number of aliphatic hydroxyl groups is 1. The molecule has 1 aromatic heterocycles. The van der Waals surface area contributed by atoms with Gasteiger partial charge >= 0.3 is 6.18 Å². The highest BCUT2D eigenvalue weighted by atomic mass is 35.5. The van der Waals surface area contributed by atoms with Gasteiger partial charge in [-0.2, -0.15) is 13.2 Å². The highest BCUT2D eigenvalue weighted by Gasteiger charge is 2.37. The Morgan fingerprint density at radius 1 is 1.35 bits per heavy atom. The second-order valence-electron chi connectivity index (χ2n) is 6.81. The van der Waals surface area contributed by atoms with Crippen LogP contribution in [0.15, 0.2) is 24.5 Å². The van der Waals surface area contributed by atoms with Gasteiger partial charge in [0.05, 0.1) is 42.3 Å². The SMILES string of the molecule is OC1(Cn2cnc3c2=CC(c2ccc(C(F)(F)F)cc2Cl)CC=3)COC1. The van der Waals surface area contributed by atoms with Gasteiger partial charge in [-0.3, -0.25) is 0 Å². The van der Waals surface area contributed by atoms with Gasteiger partial charge in [0.1, 0.15) is 5.60 Å². The Hall–Kier alpha value is -1.83. The molecular weight excluding hydrogens is 369 g/mol. The molecule has 0 saturated carbocycles. The number of hydrogen-bond acceptors (Lipinski definition) is 3. The minimum atomic E-state index is -4.42. The van der Waals surface area contributed by atoms with Crippen LogP contribution in [0.1, 0.15) is 23.5 Å². The van der Waals surface area contributed by atoms with E-state index in [4.69, 9.17) is 16.3 Å². The average molecular weight is 385 g/mol. The van der Waals surface area contributed by atoms with Gasteiger partial charge in [-0.1, -0.05) is 29.8 Å². The maximum absolute atomic E-state index is 12.8. The first kappa shape index (κ1) is 17.6. The lowest BCUT2D eigenvalue weighted by Gasteiger charge is -2.36. The smallest absolute Gasteiger partial charge is 0.383 e. The Morgan fingerprint density at radius 2 is 2.12 bits per heavy atom. The van der Waals surface area contributed by atoms with Crippen molar-refractivity contribution in [3.05, 3.63) is 51.4 Å². The third-order valence-electron chi connectivity index (χ3n) is 4.77. The molecule has 0 bridgehead atoms. The van der Waals surface area contributed by atoms with E-state index in [0.29, 0.717) is 18.5 Å². The number of fused-ring (bicyclic) bond motifs is 1. The van der Waals surface area contributed by atoms with E-state index in [1.54, 1.807) is 6.33 Å². The van der Waals surface area contributed by atoms with Gasteiger partial charge in [-0.15, -0.1) is 0 Å². The zero-order chi connectivity index (χ0) is 18.5. The molecule has 1 unspecified atom stereocenters. The molecule has 2 aliphatic rings. The summed E-state index contributed by atoms with van der Waals surface area (Å²) in [5, 5.41) is 12.0. The highest BCUT2D eigenvalue weighted by molar-refractivity contribution is 6.31. The molecule has 0 amide bonds. The normalized spacial score (nSPS) is 21.3. The minimum absolute atomic E-state index is 0.0926. The molecule has 1 atom stereocenters. The van der Waals surface area contributed by atoms with Crippen molar-refractivity contribution in [3.8, 4) is 0 Å². The van der Waals surface area contributed by atoms with Crippen molar-refractivity contribution >= 4 is 23.8 Å². The van der Waals surface area contributed by atoms with Crippen LogP contribution in [0.4, 0.5) is 13.2 Å². The predicted octanol–water partition coefficient (Wildman–Crippen LogP) is 2.07. The van der Waals surface area contributed by atoms with Crippen LogP contribution in [-0.2, 0) is 17.5 Å². The molecule has 4 rings (SSSR count). The van der Waals surface area contributed by atoms with Gasteiger partial charge in [0, 0.05) is 10.9 Å². The molecule has 1 aliphatic heterocycles. The Balaban J connectivity index is 1.68. The number of hydrogen-bond donors (Lipinski definition) is 1. The summed E-state index contributed by atoms with van der Waals surface area (Å²) in [6.45, 7) is 0.906. The first-order chi connectivity index (χ1) is 12.3. The quantitative estimate of drug-likeness (QED) is 0.881. The van der Waals surface area contributed by atoms with Crippen molar-refractivity contribution < 1.29 is 23.0 Å². The number of imidazole rings is 1. The fourth-order valence-corrected chi connectivity index (χ4v) is 3.66. The van der Waals surface area contributed by atoms with Crippen molar-refractivity contribution in [2.24, 2.45) is 0 Å². The standard InChI is InChI=1S/C18H16ClF3N2O2/c19-14-6-12(18(20,21)22)2-3-13(14)11-1-4-15-16(5-11)24(10-23-15)7-17(25)8-26-9-17/h2-6,10-11,25H,1,7-9H2. The lowest BCUT2D eigenvalue weighted by Crippen LogP contribution is -2.54. The van der Waals surface area contributed by atoms with E-state index in [-0.39, 0.29) is 24.2 Å². The van der Waals surface area contributed by atoms with Crippen LogP contribution in [0.3, 0.4) is 0 Å².